The summed E-state index contributed by atoms with van der Waals surface area (Å²) in [5.74, 6) is -4.20. The molecule has 1 heterocycles. The van der Waals surface area contributed by atoms with Crippen LogP contribution in [0, 0.1) is 0 Å². The van der Waals surface area contributed by atoms with Crippen LogP contribution in [-0.2, 0) is 57.2 Å². The Morgan fingerprint density at radius 3 is 1.82 bits per heavy atom. The average Bonchev–Trinajstić information content (AvgIpc) is 2.71. The Kier molecular flexibility index (Phi) is 11.8. The molecular weight excluding hydrogens is 478 g/mol. The Morgan fingerprint density at radius 1 is 0.824 bits per heavy atom. The van der Waals surface area contributed by atoms with Crippen LogP contribution in [0.1, 0.15) is 34.6 Å². The second kappa shape index (κ2) is 13.7. The van der Waals surface area contributed by atoms with Gasteiger partial charge in [0.25, 0.3) is 0 Å². The fourth-order valence-corrected chi connectivity index (χ4v) is 4.29. The molecule has 1 amide bonds. The number of esters is 5. The van der Waals surface area contributed by atoms with Crippen LogP contribution in [0.5, 0.6) is 0 Å². The maximum atomic E-state index is 12.0. The summed E-state index contributed by atoms with van der Waals surface area (Å²) in [5.41, 5.74) is -1.08. The molecule has 0 aliphatic carbocycles. The zero-order valence-corrected chi connectivity index (χ0v) is 20.5. The molecule has 1 saturated heterocycles. The highest BCUT2D eigenvalue weighted by Crippen LogP contribution is 2.34. The Balaban J connectivity index is 3.32. The molecule has 0 aromatic rings. The molecule has 0 aromatic heterocycles. The van der Waals surface area contributed by atoms with Gasteiger partial charge in [-0.1, -0.05) is 0 Å². The number of rotatable bonds is 10. The van der Waals surface area contributed by atoms with Crippen molar-refractivity contribution in [2.45, 2.75) is 70.5 Å². The number of ether oxygens (including phenoxy) is 6. The molecule has 34 heavy (non-hydrogen) atoms. The molecule has 6 atom stereocenters. The van der Waals surface area contributed by atoms with Crippen LogP contribution in [0.3, 0.4) is 0 Å². The quantitative estimate of drug-likeness (QED) is 0.296. The number of hydrogen-bond donors (Lipinski definition) is 1. The van der Waals surface area contributed by atoms with Crippen LogP contribution < -0.4 is 5.32 Å². The highest BCUT2D eigenvalue weighted by atomic mass is 32.2. The van der Waals surface area contributed by atoms with Crippen LogP contribution in [-0.4, -0.2) is 91.1 Å². The molecule has 0 saturated carbocycles. The average molecular weight is 508 g/mol. The molecule has 1 N–H and O–H groups in total. The molecule has 0 aromatic carbocycles. The van der Waals surface area contributed by atoms with Crippen molar-refractivity contribution < 1.29 is 57.2 Å². The van der Waals surface area contributed by atoms with Gasteiger partial charge in [-0.3, -0.25) is 24.0 Å². The van der Waals surface area contributed by atoms with Gasteiger partial charge in [0.15, 0.2) is 18.3 Å². The molecule has 1 fully saturated rings. The molecule has 1 aliphatic heterocycles. The first-order valence-corrected chi connectivity index (χ1v) is 11.2. The predicted molar refractivity (Wildman–Crippen MR) is 114 cm³/mol. The molecule has 1 aliphatic rings. The van der Waals surface area contributed by atoms with E-state index in [0.717, 1.165) is 46.6 Å². The van der Waals surface area contributed by atoms with Crippen molar-refractivity contribution in [2.75, 3.05) is 19.5 Å². The first kappa shape index (κ1) is 29.2. The molecule has 0 bridgehead atoms. The lowest BCUT2D eigenvalue weighted by atomic mass is 9.99. The maximum Gasteiger partial charge on any atom is 0.329 e. The molecule has 192 valence electrons. The van der Waals surface area contributed by atoms with Crippen molar-refractivity contribution in [1.29, 1.82) is 0 Å². The first-order chi connectivity index (χ1) is 15.8. The van der Waals surface area contributed by atoms with E-state index in [4.69, 9.17) is 23.7 Å². The van der Waals surface area contributed by atoms with Crippen LogP contribution in [0.2, 0.25) is 0 Å². The van der Waals surface area contributed by atoms with E-state index in [1.807, 2.05) is 0 Å². The normalized spacial score (nSPS) is 24.7. The van der Waals surface area contributed by atoms with Gasteiger partial charge >= 0.3 is 29.8 Å². The van der Waals surface area contributed by atoms with E-state index in [1.54, 1.807) is 0 Å². The Hall–Kier alpha value is -2.87. The lowest BCUT2D eigenvalue weighted by Gasteiger charge is -2.44. The molecule has 1 unspecified atom stereocenters. The van der Waals surface area contributed by atoms with Gasteiger partial charge in [0.1, 0.15) is 24.2 Å². The summed E-state index contributed by atoms with van der Waals surface area (Å²) in [5, 5.41) is 2.43. The minimum atomic E-state index is -1.32. The van der Waals surface area contributed by atoms with Crippen molar-refractivity contribution in [3.05, 3.63) is 0 Å². The summed E-state index contributed by atoms with van der Waals surface area (Å²) >= 11 is 0.944. The Labute approximate surface area is 200 Å². The molecule has 1 rings (SSSR count). The topological polar surface area (TPSA) is 170 Å². The van der Waals surface area contributed by atoms with Crippen molar-refractivity contribution in [3.8, 4) is 0 Å². The molecule has 0 spiro atoms. The molecule has 0 radical (unpaired) electrons. The first-order valence-electron chi connectivity index (χ1n) is 10.1. The van der Waals surface area contributed by atoms with Crippen LogP contribution in [0.25, 0.3) is 0 Å². The number of carbonyl (C=O) groups is 6. The SMILES string of the molecule is COC(=O)C(CS[C@@H]1O[C@H](COC(C)=O)[C@@H](OC(C)=O)[C@H](OC(C)=O)[C@H]1OC(C)=O)NC(C)=O. The van der Waals surface area contributed by atoms with Gasteiger partial charge in [0, 0.05) is 40.4 Å². The molecule has 13 nitrogen and oxygen atoms in total. The number of amides is 1. The third-order valence-corrected chi connectivity index (χ3v) is 5.47. The minimum Gasteiger partial charge on any atom is -0.467 e. The zero-order chi connectivity index (χ0) is 26.0. The summed E-state index contributed by atoms with van der Waals surface area (Å²) in [6.45, 7) is 5.35. The highest BCUT2D eigenvalue weighted by molar-refractivity contribution is 7.99. The van der Waals surface area contributed by atoms with E-state index < -0.39 is 71.6 Å². The lowest BCUT2D eigenvalue weighted by molar-refractivity contribution is -0.237. The van der Waals surface area contributed by atoms with E-state index in [0.29, 0.717) is 0 Å². The van der Waals surface area contributed by atoms with Crippen LogP contribution in [0.4, 0.5) is 0 Å². The number of thioether (sulfide) groups is 1. The van der Waals surface area contributed by atoms with Crippen LogP contribution in [0.15, 0.2) is 0 Å². The molecule has 14 heteroatoms. The fraction of sp³-hybridized carbons (Fsp3) is 0.700. The summed E-state index contributed by atoms with van der Waals surface area (Å²) in [6, 6.07) is -1.07. The van der Waals surface area contributed by atoms with Gasteiger partial charge in [0.05, 0.1) is 7.11 Å². The fourth-order valence-electron chi connectivity index (χ4n) is 3.07. The lowest BCUT2D eigenvalue weighted by Crippen LogP contribution is -2.61. The zero-order valence-electron chi connectivity index (χ0n) is 19.7. The van der Waals surface area contributed by atoms with Crippen molar-refractivity contribution >= 4 is 47.5 Å². The second-order valence-corrected chi connectivity index (χ2v) is 8.31. The Bertz CT molecular complexity index is 788. The van der Waals surface area contributed by atoms with Gasteiger partial charge in [-0.15, -0.1) is 11.8 Å². The number of hydrogen-bond acceptors (Lipinski definition) is 13. The van der Waals surface area contributed by atoms with E-state index in [9.17, 15) is 28.8 Å². The van der Waals surface area contributed by atoms with Gasteiger partial charge < -0.3 is 33.7 Å². The molecular formula is C20H29NO12S. The maximum absolute atomic E-state index is 12.0. The number of carbonyl (C=O) groups excluding carboxylic acids is 6. The van der Waals surface area contributed by atoms with Crippen molar-refractivity contribution in [2.24, 2.45) is 0 Å². The van der Waals surface area contributed by atoms with E-state index in [2.05, 4.69) is 10.1 Å². The van der Waals surface area contributed by atoms with Gasteiger partial charge in [-0.2, -0.15) is 0 Å². The largest absolute Gasteiger partial charge is 0.467 e. The van der Waals surface area contributed by atoms with Crippen molar-refractivity contribution in [3.63, 3.8) is 0 Å². The second-order valence-electron chi connectivity index (χ2n) is 7.18. The highest BCUT2D eigenvalue weighted by Gasteiger charge is 2.52. The summed E-state index contributed by atoms with van der Waals surface area (Å²) in [4.78, 5) is 70.2. The smallest absolute Gasteiger partial charge is 0.329 e. The third-order valence-electron chi connectivity index (χ3n) is 4.24. The minimum absolute atomic E-state index is 0.0833. The van der Waals surface area contributed by atoms with E-state index in [-0.39, 0.29) is 12.4 Å². The van der Waals surface area contributed by atoms with E-state index in [1.165, 1.54) is 6.92 Å². The van der Waals surface area contributed by atoms with Gasteiger partial charge in [0.2, 0.25) is 5.91 Å². The summed E-state index contributed by atoms with van der Waals surface area (Å²) in [6.07, 6.45) is -5.00. The van der Waals surface area contributed by atoms with E-state index >= 15 is 0 Å². The van der Waals surface area contributed by atoms with Gasteiger partial charge in [-0.25, -0.2) is 4.79 Å². The monoisotopic (exact) mass is 507 g/mol. The predicted octanol–water partition coefficient (Wildman–Crippen LogP) is -0.520. The summed E-state index contributed by atoms with van der Waals surface area (Å²) in [7, 11) is 1.15. The van der Waals surface area contributed by atoms with Crippen LogP contribution >= 0.6 is 11.8 Å². The van der Waals surface area contributed by atoms with Gasteiger partial charge in [-0.05, 0) is 0 Å². The Morgan fingerprint density at radius 2 is 1.35 bits per heavy atom. The number of nitrogens with one attached hydrogen (secondary N) is 1. The third kappa shape index (κ3) is 9.55. The van der Waals surface area contributed by atoms with Crippen molar-refractivity contribution in [1.82, 2.24) is 5.32 Å². The number of methoxy groups -OCH3 is 1. The standard InChI is InChI=1S/C20H29NO12S/c1-9(22)21-14(19(27)28-6)8-34-20-18(32-13(5)26)17(31-12(4)25)16(30-11(3)24)15(33-20)7-29-10(2)23/h14-18,20H,7-8H2,1-6H3,(H,21,22)/t14?,15-,16-,17+,18-,20+/m1/s1. The summed E-state index contributed by atoms with van der Waals surface area (Å²) < 4.78 is 31.6.